The molecule has 5 heteroatoms. The number of hydrogen-bond acceptors (Lipinski definition) is 3. The van der Waals surface area contributed by atoms with E-state index >= 15 is 0 Å². The summed E-state index contributed by atoms with van der Waals surface area (Å²) in [6, 6.07) is 0. The lowest BCUT2D eigenvalue weighted by molar-refractivity contribution is 0.353. The van der Waals surface area contributed by atoms with Gasteiger partial charge >= 0.3 is 0 Å². The smallest absolute Gasteiger partial charge is 0.248 e. The fourth-order valence-corrected chi connectivity index (χ4v) is 0.896. The number of rotatable bonds is 4. The normalized spacial score (nSPS) is 12.1. The Labute approximate surface area is 61.7 Å². The highest BCUT2D eigenvalue weighted by atomic mass is 32.7. The second kappa shape index (κ2) is 6.49. The molecular weight excluding hydrogens is 155 g/mol. The van der Waals surface area contributed by atoms with E-state index in [1.807, 2.05) is 0 Å². The van der Waals surface area contributed by atoms with Gasteiger partial charge in [0.2, 0.25) is 7.14 Å². The van der Waals surface area contributed by atoms with Gasteiger partial charge in [-0.05, 0) is 11.3 Å². The van der Waals surface area contributed by atoms with Crippen molar-refractivity contribution in [1.29, 1.82) is 0 Å². The van der Waals surface area contributed by atoms with Crippen LogP contribution in [0.2, 0.25) is 0 Å². The summed E-state index contributed by atoms with van der Waals surface area (Å²) >= 11 is 4.70. The summed E-state index contributed by atoms with van der Waals surface area (Å²) in [6.07, 6.45) is 2.15. The molecule has 0 saturated heterocycles. The van der Waals surface area contributed by atoms with E-state index in [4.69, 9.17) is 22.6 Å². The Hall–Kier alpha value is 0.370. The maximum absolute atomic E-state index is 5.02. The van der Waals surface area contributed by atoms with Gasteiger partial charge < -0.3 is 12.2 Å². The molecule has 9 heavy (non-hydrogen) atoms. The molecule has 0 aromatic rings. The van der Waals surface area contributed by atoms with Crippen LogP contribution >= 0.6 is 7.14 Å². The minimum absolute atomic E-state index is 0.687. The second-order valence-electron chi connectivity index (χ2n) is 1.54. The second-order valence-corrected chi connectivity index (χ2v) is 3.44. The lowest BCUT2D eigenvalue weighted by Gasteiger charge is -1.92. The summed E-state index contributed by atoms with van der Waals surface area (Å²) in [4.78, 5) is 3.32. The predicted octanol–water partition coefficient (Wildman–Crippen LogP) is 1.72. The summed E-state index contributed by atoms with van der Waals surface area (Å²) < 4.78 is 5.02. The van der Waals surface area contributed by atoms with Crippen molar-refractivity contribution in [2.75, 3.05) is 6.61 Å². The third kappa shape index (κ3) is 6.25. The monoisotopic (exact) mass is 166 g/mol. The van der Waals surface area contributed by atoms with E-state index in [0.29, 0.717) is 6.61 Å². The first-order valence-electron chi connectivity index (χ1n) is 2.82. The lowest BCUT2D eigenvalue weighted by Crippen LogP contribution is -1.84. The molecule has 0 aromatic carbocycles. The number of unbranched alkanes of at least 4 members (excludes halogenated alkanes) is 1. The zero-order valence-corrected chi connectivity index (χ0v) is 7.12. The van der Waals surface area contributed by atoms with Crippen molar-refractivity contribution in [1.82, 2.24) is 0 Å². The molecule has 0 radical (unpaired) electrons. The maximum atomic E-state index is 5.02. The Balaban J connectivity index is 3.07. The third-order valence-corrected chi connectivity index (χ3v) is 1.98. The SMILES string of the molecule is CCCCO[P+]([S-])=NN. The van der Waals surface area contributed by atoms with Gasteiger partial charge in [0.25, 0.3) is 0 Å². The van der Waals surface area contributed by atoms with Crippen LogP contribution in [0.15, 0.2) is 4.85 Å². The summed E-state index contributed by atoms with van der Waals surface area (Å²) in [5.74, 6) is 4.88. The molecule has 0 heterocycles. The van der Waals surface area contributed by atoms with Gasteiger partial charge in [0, 0.05) is 0 Å². The molecule has 1 atom stereocenters. The first-order valence-corrected chi connectivity index (χ1v) is 5.04. The molecule has 3 nitrogen and oxygen atoms in total. The highest BCUT2D eigenvalue weighted by Crippen LogP contribution is 2.20. The minimum Gasteiger partial charge on any atom is -0.429 e. The van der Waals surface area contributed by atoms with Crippen molar-refractivity contribution >= 4 is 19.4 Å². The summed E-state index contributed by atoms with van der Waals surface area (Å²) in [5, 5.41) is 0. The van der Waals surface area contributed by atoms with Crippen LogP contribution in [0.4, 0.5) is 0 Å². The first-order chi connectivity index (χ1) is 4.31. The first kappa shape index (κ1) is 9.37. The zero-order chi connectivity index (χ0) is 7.11. The van der Waals surface area contributed by atoms with Crippen LogP contribution in [0.5, 0.6) is 0 Å². The highest BCUT2D eigenvalue weighted by Gasteiger charge is 1.92. The van der Waals surface area contributed by atoms with Gasteiger partial charge in [0.1, 0.15) is 0 Å². The molecule has 0 aliphatic carbocycles. The molecule has 0 spiro atoms. The molecule has 2 N–H and O–H groups in total. The van der Waals surface area contributed by atoms with E-state index in [-0.39, 0.29) is 0 Å². The molecular formula is C4H11N2OPS. The maximum Gasteiger partial charge on any atom is 0.248 e. The Morgan fingerprint density at radius 1 is 1.78 bits per heavy atom. The van der Waals surface area contributed by atoms with Crippen LogP contribution in [-0.2, 0) is 16.8 Å². The predicted molar refractivity (Wildman–Crippen MR) is 41.8 cm³/mol. The quantitative estimate of drug-likeness (QED) is 0.227. The topological polar surface area (TPSA) is 47.6 Å². The summed E-state index contributed by atoms with van der Waals surface area (Å²) in [6.45, 7) is 2.78. The molecule has 0 rings (SSSR count). The fraction of sp³-hybridized carbons (Fsp3) is 1.00. The van der Waals surface area contributed by atoms with Gasteiger partial charge in [-0.3, -0.25) is 0 Å². The van der Waals surface area contributed by atoms with E-state index in [1.54, 1.807) is 0 Å². The molecule has 0 aliphatic heterocycles. The van der Waals surface area contributed by atoms with Gasteiger partial charge in [0.05, 0.1) is 6.61 Å². The zero-order valence-electron chi connectivity index (χ0n) is 5.41. The molecule has 0 saturated carbocycles. The van der Waals surface area contributed by atoms with Crippen LogP contribution in [0.3, 0.4) is 0 Å². The van der Waals surface area contributed by atoms with Crippen LogP contribution in [0.25, 0.3) is 0 Å². The fourth-order valence-electron chi connectivity index (χ4n) is 0.320. The van der Waals surface area contributed by atoms with Crippen LogP contribution in [-0.4, -0.2) is 6.61 Å². The molecule has 0 amide bonds. The van der Waals surface area contributed by atoms with Crippen LogP contribution < -0.4 is 5.84 Å². The Kier molecular flexibility index (Phi) is 6.76. The number of nitrogens with zero attached hydrogens (tertiary/aromatic N) is 1. The van der Waals surface area contributed by atoms with Crippen molar-refractivity contribution in [3.8, 4) is 0 Å². The van der Waals surface area contributed by atoms with E-state index in [1.165, 1.54) is 0 Å². The van der Waals surface area contributed by atoms with Gasteiger partial charge in [-0.15, -0.1) is 0 Å². The molecule has 0 bridgehead atoms. The molecule has 0 aromatic heterocycles. The van der Waals surface area contributed by atoms with Gasteiger partial charge in [-0.1, -0.05) is 13.3 Å². The van der Waals surface area contributed by atoms with E-state index < -0.39 is 7.14 Å². The summed E-state index contributed by atoms with van der Waals surface area (Å²) in [7, 11) is -1.10. The average molecular weight is 166 g/mol. The molecule has 0 fully saturated rings. The van der Waals surface area contributed by atoms with Crippen molar-refractivity contribution in [3.05, 3.63) is 0 Å². The average Bonchev–Trinajstić information content (AvgIpc) is 1.89. The van der Waals surface area contributed by atoms with Crippen molar-refractivity contribution in [2.45, 2.75) is 19.8 Å². The third-order valence-electron chi connectivity index (χ3n) is 0.794. The van der Waals surface area contributed by atoms with E-state index in [0.717, 1.165) is 12.8 Å². The van der Waals surface area contributed by atoms with Crippen LogP contribution in [0.1, 0.15) is 19.8 Å². The van der Waals surface area contributed by atoms with Gasteiger partial charge in [-0.25, -0.2) is 0 Å². The molecule has 54 valence electrons. The Bertz CT molecular complexity index is 98.6. The standard InChI is InChI=1S/C4H11N2OPS/c1-2-3-4-7-8(9)6-5/h2-5H2,1H3. The van der Waals surface area contributed by atoms with Gasteiger partial charge in [0.15, 0.2) is 0 Å². The highest BCUT2D eigenvalue weighted by molar-refractivity contribution is 8.26. The minimum atomic E-state index is -1.10. The lowest BCUT2D eigenvalue weighted by atomic mass is 10.4. The molecule has 1 unspecified atom stereocenters. The van der Waals surface area contributed by atoms with E-state index in [2.05, 4.69) is 11.8 Å². The number of nitrogens with two attached hydrogens (primary N) is 1. The largest absolute Gasteiger partial charge is 0.429 e. The van der Waals surface area contributed by atoms with Crippen LogP contribution in [0, 0.1) is 0 Å². The Morgan fingerprint density at radius 2 is 2.44 bits per heavy atom. The summed E-state index contributed by atoms with van der Waals surface area (Å²) in [5.41, 5.74) is 0. The van der Waals surface area contributed by atoms with Crippen molar-refractivity contribution in [3.63, 3.8) is 0 Å². The van der Waals surface area contributed by atoms with Crippen molar-refractivity contribution in [2.24, 2.45) is 10.7 Å². The Morgan fingerprint density at radius 3 is 2.89 bits per heavy atom. The van der Waals surface area contributed by atoms with Crippen molar-refractivity contribution < 1.29 is 4.52 Å². The van der Waals surface area contributed by atoms with E-state index in [9.17, 15) is 0 Å². The number of hydrogen-bond donors (Lipinski definition) is 1. The molecule has 0 aliphatic rings. The van der Waals surface area contributed by atoms with Gasteiger partial charge in [-0.2, -0.15) is 10.4 Å².